The Kier molecular flexibility index (Phi) is 8.74. The summed E-state index contributed by atoms with van der Waals surface area (Å²) in [5, 5.41) is 31.3. The van der Waals surface area contributed by atoms with Crippen LogP contribution in [0.2, 0.25) is 0 Å². The summed E-state index contributed by atoms with van der Waals surface area (Å²) in [4.78, 5) is 39.0. The van der Waals surface area contributed by atoms with Crippen LogP contribution in [0.5, 0.6) is 17.2 Å². The van der Waals surface area contributed by atoms with Crippen LogP contribution in [0.4, 0.5) is 5.69 Å². The Morgan fingerprint density at radius 1 is 0.861 bits per heavy atom. The number of phenolic OH excluding ortho intramolecular Hbond substituents is 1. The van der Waals surface area contributed by atoms with Crippen LogP contribution in [0.1, 0.15) is 16.7 Å². The number of aliphatic hydroxyl groups excluding tert-OH is 1. The van der Waals surface area contributed by atoms with Crippen LogP contribution >= 0.6 is 0 Å². The van der Waals surface area contributed by atoms with Crippen molar-refractivity contribution < 1.29 is 34.4 Å². The molecule has 0 aliphatic carbocycles. The summed E-state index contributed by atoms with van der Waals surface area (Å²) in [6.45, 7) is -0.394. The number of rotatable bonds is 10. The zero-order chi connectivity index (χ0) is 26.1. The quantitative estimate of drug-likeness (QED) is 0.253. The molecule has 4 N–H and O–H groups in total. The topological polar surface area (TPSA) is 133 Å². The lowest BCUT2D eigenvalue weighted by atomic mass is 9.95. The van der Waals surface area contributed by atoms with E-state index in [1.165, 1.54) is 49.6 Å². The summed E-state index contributed by atoms with van der Waals surface area (Å²) in [5.41, 5.74) is 1.71. The molecule has 0 spiro atoms. The van der Waals surface area contributed by atoms with Crippen molar-refractivity contribution in [3.05, 3.63) is 95.6 Å². The lowest BCUT2D eigenvalue weighted by molar-refractivity contribution is -0.134. The van der Waals surface area contributed by atoms with Crippen molar-refractivity contribution in [1.29, 1.82) is 0 Å². The highest BCUT2D eigenvalue weighted by Gasteiger charge is 2.31. The van der Waals surface area contributed by atoms with Crippen molar-refractivity contribution in [2.75, 3.05) is 12.4 Å². The summed E-state index contributed by atoms with van der Waals surface area (Å²) in [5.74, 6) is -3.90. The van der Waals surface area contributed by atoms with Crippen molar-refractivity contribution in [1.82, 2.24) is 0 Å². The van der Waals surface area contributed by atoms with Gasteiger partial charge in [-0.3, -0.25) is 14.4 Å². The van der Waals surface area contributed by atoms with E-state index in [1.807, 2.05) is 0 Å². The second kappa shape index (κ2) is 12.1. The average molecular weight is 488 g/mol. The number of allylic oxidation sites excluding steroid dienone is 2. The average Bonchev–Trinajstić information content (AvgIpc) is 2.88. The molecule has 3 rings (SSSR count). The molecule has 8 nitrogen and oxygen atoms in total. The number of hydrogen-bond donors (Lipinski definition) is 4. The molecule has 8 heteroatoms. The van der Waals surface area contributed by atoms with Gasteiger partial charge in [-0.25, -0.2) is 0 Å². The maximum Gasteiger partial charge on any atom is 0.243 e. The molecule has 1 atom stereocenters. The van der Waals surface area contributed by atoms with E-state index in [0.29, 0.717) is 16.8 Å². The van der Waals surface area contributed by atoms with Crippen LogP contribution in [-0.2, 0) is 21.0 Å². The Labute approximate surface area is 207 Å². The van der Waals surface area contributed by atoms with Gasteiger partial charge in [0.05, 0.1) is 13.7 Å². The number of nitrogens with one attached hydrogen (secondary N) is 1. The Morgan fingerprint density at radius 2 is 1.44 bits per heavy atom. The van der Waals surface area contributed by atoms with Gasteiger partial charge in [0.1, 0.15) is 5.75 Å². The summed E-state index contributed by atoms with van der Waals surface area (Å²) in [7, 11) is 1.39. The van der Waals surface area contributed by atoms with E-state index in [-0.39, 0.29) is 22.8 Å². The molecule has 0 aromatic heterocycles. The molecule has 0 aliphatic rings. The predicted octanol–water partition coefficient (Wildman–Crippen LogP) is 3.72. The Morgan fingerprint density at radius 3 is 2.03 bits per heavy atom. The van der Waals surface area contributed by atoms with Gasteiger partial charge in [0, 0.05) is 11.3 Å². The number of amides is 1. The molecule has 0 radical (unpaired) electrons. The minimum absolute atomic E-state index is 0.0695. The molecule has 0 bridgehead atoms. The standard InChI is InChI=1S/C28H25NO7/c1-36-26-16-19(8-12-23(26)32)10-14-25(34)27(28(35)29-21-5-3-2-4-6-21)24(33)13-9-18-7-11-22(31)20(15-18)17-30/h2-16,27,30-32H,17H2,1H3,(H,29,35). The number of hydrogen-bond acceptors (Lipinski definition) is 7. The van der Waals surface area contributed by atoms with E-state index >= 15 is 0 Å². The van der Waals surface area contributed by atoms with E-state index < -0.39 is 30.0 Å². The molecule has 36 heavy (non-hydrogen) atoms. The maximum absolute atomic E-state index is 13.0. The Hall–Kier alpha value is -4.69. The van der Waals surface area contributed by atoms with E-state index in [2.05, 4.69) is 5.32 Å². The first-order chi connectivity index (χ1) is 17.3. The number of phenols is 2. The zero-order valence-electron chi connectivity index (χ0n) is 19.4. The van der Waals surface area contributed by atoms with E-state index in [9.17, 15) is 29.7 Å². The number of carbonyl (C=O) groups excluding carboxylic acids is 3. The predicted molar refractivity (Wildman–Crippen MR) is 135 cm³/mol. The largest absolute Gasteiger partial charge is 0.508 e. The summed E-state index contributed by atoms with van der Waals surface area (Å²) in [6, 6.07) is 17.3. The first-order valence-corrected chi connectivity index (χ1v) is 10.9. The van der Waals surface area contributed by atoms with Crippen molar-refractivity contribution in [2.45, 2.75) is 6.61 Å². The summed E-state index contributed by atoms with van der Waals surface area (Å²) in [6.07, 6.45) is 5.04. The van der Waals surface area contributed by atoms with Gasteiger partial charge in [0.2, 0.25) is 5.91 Å². The van der Waals surface area contributed by atoms with Gasteiger partial charge in [-0.15, -0.1) is 0 Å². The molecule has 0 fully saturated rings. The van der Waals surface area contributed by atoms with Gasteiger partial charge in [0.15, 0.2) is 29.0 Å². The Bertz CT molecular complexity index is 1240. The second-order valence-corrected chi connectivity index (χ2v) is 7.74. The third kappa shape index (κ3) is 6.68. The van der Waals surface area contributed by atoms with Crippen molar-refractivity contribution >= 4 is 35.3 Å². The number of ether oxygens (including phenoxy) is 1. The highest BCUT2D eigenvalue weighted by molar-refractivity contribution is 6.28. The number of aromatic hydroxyl groups is 2. The first kappa shape index (κ1) is 25.9. The number of ketones is 2. The molecule has 0 saturated heterocycles. The molecule has 0 saturated carbocycles. The molecular formula is C28H25NO7. The molecule has 184 valence electrons. The van der Waals surface area contributed by atoms with Crippen LogP contribution in [0.25, 0.3) is 12.2 Å². The van der Waals surface area contributed by atoms with Gasteiger partial charge in [0.25, 0.3) is 0 Å². The highest BCUT2D eigenvalue weighted by Crippen LogP contribution is 2.27. The van der Waals surface area contributed by atoms with Crippen LogP contribution < -0.4 is 10.1 Å². The van der Waals surface area contributed by atoms with Gasteiger partial charge in [-0.2, -0.15) is 0 Å². The monoisotopic (exact) mass is 487 g/mol. The summed E-state index contributed by atoms with van der Waals surface area (Å²) < 4.78 is 5.05. The molecule has 1 unspecified atom stereocenters. The summed E-state index contributed by atoms with van der Waals surface area (Å²) >= 11 is 0. The van der Waals surface area contributed by atoms with Gasteiger partial charge in [-0.05, 0) is 59.7 Å². The molecule has 1 amide bonds. The number of methoxy groups -OCH3 is 1. The lowest BCUT2D eigenvalue weighted by Crippen LogP contribution is -2.34. The SMILES string of the molecule is COc1cc(C=CC(=O)C(C(=O)C=Cc2ccc(O)c(CO)c2)C(=O)Nc2ccccc2)ccc1O. The fraction of sp³-hybridized carbons (Fsp3) is 0.107. The van der Waals surface area contributed by atoms with E-state index in [4.69, 9.17) is 4.74 Å². The van der Waals surface area contributed by atoms with Gasteiger partial charge >= 0.3 is 0 Å². The minimum atomic E-state index is -1.66. The van der Waals surface area contributed by atoms with Crippen LogP contribution in [0.15, 0.2) is 78.9 Å². The highest BCUT2D eigenvalue weighted by atomic mass is 16.5. The lowest BCUT2D eigenvalue weighted by Gasteiger charge is -2.12. The third-order valence-corrected chi connectivity index (χ3v) is 5.23. The van der Waals surface area contributed by atoms with Crippen LogP contribution in [0, 0.1) is 5.92 Å². The van der Waals surface area contributed by atoms with Gasteiger partial charge in [-0.1, -0.05) is 42.5 Å². The first-order valence-electron chi connectivity index (χ1n) is 10.9. The fourth-order valence-corrected chi connectivity index (χ4v) is 3.32. The number of carbonyl (C=O) groups is 3. The molecule has 3 aromatic rings. The van der Waals surface area contributed by atoms with Gasteiger partial charge < -0.3 is 25.4 Å². The number of para-hydroxylation sites is 1. The maximum atomic E-state index is 13.0. The fourth-order valence-electron chi connectivity index (χ4n) is 3.32. The van der Waals surface area contributed by atoms with Crippen molar-refractivity contribution in [3.63, 3.8) is 0 Å². The molecule has 3 aromatic carbocycles. The molecule has 0 heterocycles. The smallest absolute Gasteiger partial charge is 0.243 e. The molecular weight excluding hydrogens is 462 g/mol. The van der Waals surface area contributed by atoms with Crippen molar-refractivity contribution in [3.8, 4) is 17.2 Å². The van der Waals surface area contributed by atoms with Crippen LogP contribution in [-0.4, -0.2) is 39.9 Å². The Balaban J connectivity index is 1.87. The zero-order valence-corrected chi connectivity index (χ0v) is 19.4. The van der Waals surface area contributed by atoms with Crippen molar-refractivity contribution in [2.24, 2.45) is 5.92 Å². The number of benzene rings is 3. The normalized spacial score (nSPS) is 11.9. The number of aliphatic hydroxyl groups is 1. The number of anilines is 1. The second-order valence-electron chi connectivity index (χ2n) is 7.74. The molecule has 0 aliphatic heterocycles. The minimum Gasteiger partial charge on any atom is -0.508 e. The van der Waals surface area contributed by atoms with E-state index in [0.717, 1.165) is 12.2 Å². The van der Waals surface area contributed by atoms with Crippen LogP contribution in [0.3, 0.4) is 0 Å². The van der Waals surface area contributed by atoms with E-state index in [1.54, 1.807) is 36.4 Å². The third-order valence-electron chi connectivity index (χ3n) is 5.23.